The van der Waals surface area contributed by atoms with Gasteiger partial charge in [-0.05, 0) is 50.1 Å². The zero-order valence-corrected chi connectivity index (χ0v) is 9.89. The molecule has 1 aliphatic heterocycles. The average Bonchev–Trinajstić information content (AvgIpc) is 2.61. The molecule has 0 bridgehead atoms. The highest BCUT2D eigenvalue weighted by molar-refractivity contribution is 4.80. The summed E-state index contributed by atoms with van der Waals surface area (Å²) in [6.45, 7) is 8.93. The van der Waals surface area contributed by atoms with Crippen LogP contribution in [0.15, 0.2) is 0 Å². The number of nitrogens with zero attached hydrogens (tertiary/aromatic N) is 1. The van der Waals surface area contributed by atoms with Crippen LogP contribution in [0.1, 0.15) is 52.4 Å². The van der Waals surface area contributed by atoms with E-state index in [1.165, 1.54) is 58.2 Å². The van der Waals surface area contributed by atoms with E-state index in [2.05, 4.69) is 18.7 Å². The van der Waals surface area contributed by atoms with Crippen LogP contribution in [-0.4, -0.2) is 24.5 Å². The normalized spacial score (nSPS) is 29.6. The summed E-state index contributed by atoms with van der Waals surface area (Å²) >= 11 is 0. The summed E-state index contributed by atoms with van der Waals surface area (Å²) in [5.74, 6) is 1.04. The van der Waals surface area contributed by atoms with Crippen molar-refractivity contribution in [2.75, 3.05) is 19.6 Å². The Labute approximate surface area is 88.9 Å². The van der Waals surface area contributed by atoms with E-state index in [0.717, 1.165) is 5.92 Å². The van der Waals surface area contributed by atoms with Crippen molar-refractivity contribution in [3.63, 3.8) is 0 Å². The Hall–Kier alpha value is -0.0400. The number of hydrogen-bond donors (Lipinski definition) is 0. The summed E-state index contributed by atoms with van der Waals surface area (Å²) in [4.78, 5) is 2.71. The monoisotopic (exact) mass is 195 g/mol. The third-order valence-corrected chi connectivity index (χ3v) is 4.20. The molecule has 0 aromatic rings. The van der Waals surface area contributed by atoms with Crippen LogP contribution < -0.4 is 0 Å². The molecule has 1 saturated heterocycles. The first-order valence-electron chi connectivity index (χ1n) is 6.38. The van der Waals surface area contributed by atoms with Gasteiger partial charge in [0.1, 0.15) is 0 Å². The maximum Gasteiger partial charge on any atom is 0.000966 e. The molecule has 1 heterocycles. The van der Waals surface area contributed by atoms with Crippen molar-refractivity contribution in [2.24, 2.45) is 11.3 Å². The zero-order valence-electron chi connectivity index (χ0n) is 9.89. The molecule has 1 nitrogen and oxygen atoms in total. The molecule has 0 spiro atoms. The molecule has 1 heteroatoms. The fourth-order valence-corrected chi connectivity index (χ4v) is 2.90. The molecule has 0 aromatic carbocycles. The Morgan fingerprint density at radius 1 is 1.07 bits per heavy atom. The topological polar surface area (TPSA) is 3.24 Å². The van der Waals surface area contributed by atoms with E-state index in [9.17, 15) is 0 Å². The molecule has 2 rings (SSSR count). The standard InChI is InChI=1S/C13H25N/c1-13(2)7-9-14(10-8-13)11-12-5-3-4-6-12/h12H,3-11H2,1-2H3. The lowest BCUT2D eigenvalue weighted by Gasteiger charge is -2.38. The third kappa shape index (κ3) is 2.73. The second-order valence-corrected chi connectivity index (χ2v) is 6.12. The van der Waals surface area contributed by atoms with Crippen LogP contribution >= 0.6 is 0 Å². The molecular weight excluding hydrogens is 170 g/mol. The van der Waals surface area contributed by atoms with E-state index in [0.29, 0.717) is 5.41 Å². The summed E-state index contributed by atoms with van der Waals surface area (Å²) in [7, 11) is 0. The van der Waals surface area contributed by atoms with Crippen molar-refractivity contribution in [2.45, 2.75) is 52.4 Å². The Morgan fingerprint density at radius 2 is 1.64 bits per heavy atom. The van der Waals surface area contributed by atoms with Crippen molar-refractivity contribution in [3.8, 4) is 0 Å². The Morgan fingerprint density at radius 3 is 2.21 bits per heavy atom. The van der Waals surface area contributed by atoms with E-state index in [1.54, 1.807) is 0 Å². The van der Waals surface area contributed by atoms with Crippen LogP contribution in [0.2, 0.25) is 0 Å². The first-order chi connectivity index (χ1) is 6.66. The van der Waals surface area contributed by atoms with Crippen LogP contribution in [0.4, 0.5) is 0 Å². The average molecular weight is 195 g/mol. The molecule has 0 radical (unpaired) electrons. The SMILES string of the molecule is CC1(C)CCN(CC2CCCC2)CC1. The van der Waals surface area contributed by atoms with Crippen molar-refractivity contribution in [1.29, 1.82) is 0 Å². The molecule has 0 aromatic heterocycles. The van der Waals surface area contributed by atoms with Gasteiger partial charge >= 0.3 is 0 Å². The maximum atomic E-state index is 2.71. The van der Waals surface area contributed by atoms with E-state index in [4.69, 9.17) is 0 Å². The summed E-state index contributed by atoms with van der Waals surface area (Å²) < 4.78 is 0. The predicted molar refractivity (Wildman–Crippen MR) is 61.4 cm³/mol. The fraction of sp³-hybridized carbons (Fsp3) is 1.00. The van der Waals surface area contributed by atoms with E-state index in [-0.39, 0.29) is 0 Å². The minimum atomic E-state index is 0.617. The Balaban J connectivity index is 1.72. The van der Waals surface area contributed by atoms with Crippen molar-refractivity contribution in [3.05, 3.63) is 0 Å². The number of rotatable bonds is 2. The lowest BCUT2D eigenvalue weighted by atomic mass is 9.82. The Bertz CT molecular complexity index is 170. The zero-order chi connectivity index (χ0) is 10.0. The third-order valence-electron chi connectivity index (χ3n) is 4.20. The lowest BCUT2D eigenvalue weighted by molar-refractivity contribution is 0.117. The van der Waals surface area contributed by atoms with Gasteiger partial charge in [0.15, 0.2) is 0 Å². The highest BCUT2D eigenvalue weighted by Crippen LogP contribution is 2.32. The van der Waals surface area contributed by atoms with Gasteiger partial charge in [-0.25, -0.2) is 0 Å². The quantitative estimate of drug-likeness (QED) is 0.653. The number of piperidine rings is 1. The predicted octanol–water partition coefficient (Wildman–Crippen LogP) is 3.30. The molecule has 0 N–H and O–H groups in total. The minimum absolute atomic E-state index is 0.617. The molecule has 2 aliphatic rings. The van der Waals surface area contributed by atoms with Crippen LogP contribution in [-0.2, 0) is 0 Å². The van der Waals surface area contributed by atoms with Gasteiger partial charge in [-0.1, -0.05) is 26.7 Å². The summed E-state index contributed by atoms with van der Waals surface area (Å²) in [6, 6.07) is 0. The minimum Gasteiger partial charge on any atom is -0.303 e. The second-order valence-electron chi connectivity index (χ2n) is 6.12. The first-order valence-corrected chi connectivity index (χ1v) is 6.38. The molecule has 1 aliphatic carbocycles. The molecule has 0 atom stereocenters. The number of likely N-dealkylation sites (tertiary alicyclic amines) is 1. The molecule has 0 unspecified atom stereocenters. The smallest absolute Gasteiger partial charge is 0.000966 e. The van der Waals surface area contributed by atoms with E-state index in [1.807, 2.05) is 0 Å². The molecule has 1 saturated carbocycles. The van der Waals surface area contributed by atoms with Crippen LogP contribution in [0.5, 0.6) is 0 Å². The summed E-state index contributed by atoms with van der Waals surface area (Å²) in [6.07, 6.45) is 8.78. The Kier molecular flexibility index (Phi) is 3.16. The van der Waals surface area contributed by atoms with Gasteiger partial charge in [0.25, 0.3) is 0 Å². The van der Waals surface area contributed by atoms with Gasteiger partial charge in [0, 0.05) is 6.54 Å². The van der Waals surface area contributed by atoms with Crippen LogP contribution in [0.25, 0.3) is 0 Å². The highest BCUT2D eigenvalue weighted by atomic mass is 15.1. The van der Waals surface area contributed by atoms with Crippen molar-refractivity contribution < 1.29 is 0 Å². The molecule has 2 fully saturated rings. The highest BCUT2D eigenvalue weighted by Gasteiger charge is 2.27. The molecule has 0 amide bonds. The molecule has 82 valence electrons. The van der Waals surface area contributed by atoms with Crippen LogP contribution in [0.3, 0.4) is 0 Å². The number of hydrogen-bond acceptors (Lipinski definition) is 1. The van der Waals surface area contributed by atoms with Gasteiger partial charge < -0.3 is 4.90 Å². The van der Waals surface area contributed by atoms with Crippen molar-refractivity contribution in [1.82, 2.24) is 4.90 Å². The molecular formula is C13H25N. The maximum absolute atomic E-state index is 2.71. The van der Waals surface area contributed by atoms with Gasteiger partial charge in [-0.2, -0.15) is 0 Å². The van der Waals surface area contributed by atoms with Gasteiger partial charge in [0.2, 0.25) is 0 Å². The van der Waals surface area contributed by atoms with Crippen molar-refractivity contribution >= 4 is 0 Å². The lowest BCUT2D eigenvalue weighted by Crippen LogP contribution is -2.39. The van der Waals surface area contributed by atoms with E-state index >= 15 is 0 Å². The largest absolute Gasteiger partial charge is 0.303 e. The summed E-state index contributed by atoms with van der Waals surface area (Å²) in [5.41, 5.74) is 0.617. The van der Waals surface area contributed by atoms with Gasteiger partial charge in [-0.15, -0.1) is 0 Å². The van der Waals surface area contributed by atoms with Gasteiger partial charge in [0.05, 0.1) is 0 Å². The first kappa shape index (κ1) is 10.5. The fourth-order valence-electron chi connectivity index (χ4n) is 2.90. The van der Waals surface area contributed by atoms with Crippen LogP contribution in [0, 0.1) is 11.3 Å². The second kappa shape index (κ2) is 4.22. The summed E-state index contributed by atoms with van der Waals surface area (Å²) in [5, 5.41) is 0. The van der Waals surface area contributed by atoms with E-state index < -0.39 is 0 Å². The molecule has 14 heavy (non-hydrogen) atoms. The van der Waals surface area contributed by atoms with Gasteiger partial charge in [-0.3, -0.25) is 0 Å².